The molecule has 0 spiro atoms. The third kappa shape index (κ3) is 1.83. The lowest BCUT2D eigenvalue weighted by molar-refractivity contribution is 0.0495. The van der Waals surface area contributed by atoms with E-state index in [1.165, 1.54) is 5.57 Å². The van der Waals surface area contributed by atoms with Gasteiger partial charge in [0.05, 0.1) is 5.60 Å². The molecule has 0 aromatic rings. The van der Waals surface area contributed by atoms with E-state index in [4.69, 9.17) is 0 Å². The van der Waals surface area contributed by atoms with Crippen LogP contribution in [-0.2, 0) is 0 Å². The van der Waals surface area contributed by atoms with Crippen molar-refractivity contribution < 1.29 is 5.11 Å². The fraction of sp³-hybridized carbons (Fsp3) is 0.750. The van der Waals surface area contributed by atoms with Gasteiger partial charge < -0.3 is 5.11 Å². The predicted molar refractivity (Wildman–Crippen MR) is 38.2 cm³/mol. The van der Waals surface area contributed by atoms with Gasteiger partial charge in [-0.1, -0.05) is 11.6 Å². The Morgan fingerprint density at radius 2 is 2.33 bits per heavy atom. The predicted octanol–water partition coefficient (Wildman–Crippen LogP) is 1.87. The van der Waals surface area contributed by atoms with Gasteiger partial charge in [-0.2, -0.15) is 0 Å². The van der Waals surface area contributed by atoms with Gasteiger partial charge in [-0.05, 0) is 33.1 Å². The van der Waals surface area contributed by atoms with Crippen LogP contribution >= 0.6 is 0 Å². The van der Waals surface area contributed by atoms with Crippen LogP contribution in [0.15, 0.2) is 11.6 Å². The number of hydrogen-bond donors (Lipinski definition) is 1. The molecule has 1 atom stereocenters. The average molecular weight is 126 g/mol. The number of allylic oxidation sites excluding steroid dienone is 1. The first-order valence-corrected chi connectivity index (χ1v) is 3.48. The Morgan fingerprint density at radius 3 is 2.67 bits per heavy atom. The SMILES string of the molecule is CC1=CCC(C)(O)CC1. The second-order valence-corrected chi connectivity index (χ2v) is 3.25. The molecule has 0 radical (unpaired) electrons. The summed E-state index contributed by atoms with van der Waals surface area (Å²) in [5.74, 6) is 0. The smallest absolute Gasteiger partial charge is 0.0657 e. The minimum atomic E-state index is -0.417. The second-order valence-electron chi connectivity index (χ2n) is 3.25. The molecule has 0 heterocycles. The molecule has 0 bridgehead atoms. The molecule has 0 fully saturated rings. The highest BCUT2D eigenvalue weighted by Gasteiger charge is 2.21. The van der Waals surface area contributed by atoms with Crippen LogP contribution in [0.5, 0.6) is 0 Å². The van der Waals surface area contributed by atoms with Crippen LogP contribution in [-0.4, -0.2) is 10.7 Å². The lowest BCUT2D eigenvalue weighted by Gasteiger charge is -2.25. The van der Waals surface area contributed by atoms with E-state index >= 15 is 0 Å². The van der Waals surface area contributed by atoms with Gasteiger partial charge in [-0.25, -0.2) is 0 Å². The molecule has 1 nitrogen and oxygen atoms in total. The van der Waals surface area contributed by atoms with E-state index in [2.05, 4.69) is 13.0 Å². The number of aliphatic hydroxyl groups is 1. The Balaban J connectivity index is 2.56. The van der Waals surface area contributed by atoms with E-state index in [9.17, 15) is 5.11 Å². The van der Waals surface area contributed by atoms with Gasteiger partial charge in [0.25, 0.3) is 0 Å². The summed E-state index contributed by atoms with van der Waals surface area (Å²) in [5, 5.41) is 9.45. The van der Waals surface area contributed by atoms with E-state index in [0.29, 0.717) is 0 Å². The standard InChI is InChI=1S/C8H14O/c1-7-3-5-8(2,9)6-4-7/h3,9H,4-6H2,1-2H3. The van der Waals surface area contributed by atoms with Gasteiger partial charge in [0, 0.05) is 0 Å². The van der Waals surface area contributed by atoms with Crippen molar-refractivity contribution >= 4 is 0 Å². The minimum Gasteiger partial charge on any atom is -0.390 e. The van der Waals surface area contributed by atoms with E-state index in [1.54, 1.807) is 0 Å². The lowest BCUT2D eigenvalue weighted by atomic mass is 9.88. The maximum Gasteiger partial charge on any atom is 0.0657 e. The van der Waals surface area contributed by atoms with E-state index in [0.717, 1.165) is 19.3 Å². The third-order valence-electron chi connectivity index (χ3n) is 1.95. The zero-order valence-corrected chi connectivity index (χ0v) is 6.15. The molecule has 1 unspecified atom stereocenters. The molecule has 9 heavy (non-hydrogen) atoms. The highest BCUT2D eigenvalue weighted by atomic mass is 16.3. The molecule has 1 N–H and O–H groups in total. The topological polar surface area (TPSA) is 20.2 Å². The first-order valence-electron chi connectivity index (χ1n) is 3.48. The van der Waals surface area contributed by atoms with Gasteiger partial charge >= 0.3 is 0 Å². The van der Waals surface area contributed by atoms with Gasteiger partial charge in [0.15, 0.2) is 0 Å². The Morgan fingerprint density at radius 1 is 1.67 bits per heavy atom. The molecule has 0 saturated heterocycles. The van der Waals surface area contributed by atoms with Crippen molar-refractivity contribution in [2.75, 3.05) is 0 Å². The Bertz CT molecular complexity index is 134. The zero-order valence-electron chi connectivity index (χ0n) is 6.15. The Labute approximate surface area is 56.4 Å². The van der Waals surface area contributed by atoms with Crippen molar-refractivity contribution in [3.63, 3.8) is 0 Å². The summed E-state index contributed by atoms with van der Waals surface area (Å²) in [4.78, 5) is 0. The minimum absolute atomic E-state index is 0.417. The average Bonchev–Trinajstić information content (AvgIpc) is 1.78. The first kappa shape index (κ1) is 6.81. The van der Waals surface area contributed by atoms with Crippen molar-refractivity contribution in [3.8, 4) is 0 Å². The van der Waals surface area contributed by atoms with Crippen molar-refractivity contribution in [1.29, 1.82) is 0 Å². The van der Waals surface area contributed by atoms with Gasteiger partial charge in [-0.3, -0.25) is 0 Å². The van der Waals surface area contributed by atoms with Crippen LogP contribution in [0.1, 0.15) is 33.1 Å². The zero-order chi connectivity index (χ0) is 6.91. The van der Waals surface area contributed by atoms with Crippen molar-refractivity contribution in [1.82, 2.24) is 0 Å². The molecule has 1 aliphatic carbocycles. The quantitative estimate of drug-likeness (QED) is 0.491. The van der Waals surface area contributed by atoms with Crippen LogP contribution in [0.25, 0.3) is 0 Å². The van der Waals surface area contributed by atoms with E-state index < -0.39 is 5.60 Å². The maximum absolute atomic E-state index is 9.45. The largest absolute Gasteiger partial charge is 0.390 e. The summed E-state index contributed by atoms with van der Waals surface area (Å²) in [7, 11) is 0. The molecule has 0 aromatic carbocycles. The van der Waals surface area contributed by atoms with Gasteiger partial charge in [0.2, 0.25) is 0 Å². The van der Waals surface area contributed by atoms with Gasteiger partial charge in [0.1, 0.15) is 0 Å². The molecule has 0 saturated carbocycles. The molecule has 0 aromatic heterocycles. The van der Waals surface area contributed by atoms with Crippen molar-refractivity contribution in [2.24, 2.45) is 0 Å². The summed E-state index contributed by atoms with van der Waals surface area (Å²) >= 11 is 0. The summed E-state index contributed by atoms with van der Waals surface area (Å²) in [6.45, 7) is 4.02. The van der Waals surface area contributed by atoms with Crippen LogP contribution in [0, 0.1) is 0 Å². The molecule has 0 amide bonds. The first-order chi connectivity index (χ1) is 4.10. The van der Waals surface area contributed by atoms with Crippen LogP contribution in [0.3, 0.4) is 0 Å². The second kappa shape index (κ2) is 2.14. The fourth-order valence-electron chi connectivity index (χ4n) is 1.06. The van der Waals surface area contributed by atoms with E-state index in [-0.39, 0.29) is 0 Å². The normalized spacial score (nSPS) is 36.1. The molecule has 1 heteroatoms. The molecular weight excluding hydrogens is 112 g/mol. The summed E-state index contributed by atoms with van der Waals surface area (Å²) in [6, 6.07) is 0. The maximum atomic E-state index is 9.45. The summed E-state index contributed by atoms with van der Waals surface area (Å²) < 4.78 is 0. The Kier molecular flexibility index (Phi) is 1.62. The molecule has 52 valence electrons. The van der Waals surface area contributed by atoms with Gasteiger partial charge in [-0.15, -0.1) is 0 Å². The number of rotatable bonds is 0. The highest BCUT2D eigenvalue weighted by molar-refractivity contribution is 5.06. The van der Waals surface area contributed by atoms with E-state index in [1.807, 2.05) is 6.92 Å². The highest BCUT2D eigenvalue weighted by Crippen LogP contribution is 2.25. The van der Waals surface area contributed by atoms with Crippen LogP contribution in [0.2, 0.25) is 0 Å². The molecular formula is C8H14O. The monoisotopic (exact) mass is 126 g/mol. The van der Waals surface area contributed by atoms with Crippen LogP contribution in [0.4, 0.5) is 0 Å². The fourth-order valence-corrected chi connectivity index (χ4v) is 1.06. The van der Waals surface area contributed by atoms with Crippen LogP contribution < -0.4 is 0 Å². The molecule has 1 rings (SSSR count). The van der Waals surface area contributed by atoms with Crippen molar-refractivity contribution in [3.05, 3.63) is 11.6 Å². The number of hydrogen-bond acceptors (Lipinski definition) is 1. The lowest BCUT2D eigenvalue weighted by Crippen LogP contribution is -2.25. The third-order valence-corrected chi connectivity index (χ3v) is 1.95. The molecule has 1 aliphatic rings. The van der Waals surface area contributed by atoms with Crippen molar-refractivity contribution in [2.45, 2.75) is 38.7 Å². The summed E-state index contributed by atoms with van der Waals surface area (Å²) in [5.41, 5.74) is 1.00. The summed E-state index contributed by atoms with van der Waals surface area (Å²) in [6.07, 6.45) is 4.95. The Hall–Kier alpha value is -0.300. The molecule has 0 aliphatic heterocycles.